The first kappa shape index (κ1) is 10.6. The first-order chi connectivity index (χ1) is 5.95. The Hall–Kier alpha value is -0.450. The largest absolute Gasteiger partial charge is 0.505 e. The van der Waals surface area contributed by atoms with E-state index in [9.17, 15) is 9.90 Å². The molecule has 13 heavy (non-hydrogen) atoms. The molecule has 1 aromatic rings. The fourth-order valence-corrected chi connectivity index (χ4v) is 1.76. The Morgan fingerprint density at radius 2 is 2.00 bits per heavy atom. The number of carboxylic acid groups (broad SMARTS) is 1. The van der Waals surface area contributed by atoms with E-state index in [0.717, 1.165) is 0 Å². The lowest BCUT2D eigenvalue weighted by Gasteiger charge is -2.05. The molecule has 0 atom stereocenters. The third kappa shape index (κ3) is 1.90. The molecular weight excluding hydrogens is 283 g/mol. The maximum atomic E-state index is 10.6. The highest BCUT2D eigenvalue weighted by Crippen LogP contribution is 2.38. The second kappa shape index (κ2) is 3.74. The molecule has 0 radical (unpaired) electrons. The summed E-state index contributed by atoms with van der Waals surface area (Å²) in [6.07, 6.45) is 0. The van der Waals surface area contributed by atoms with E-state index in [1.807, 2.05) is 0 Å². The summed E-state index contributed by atoms with van der Waals surface area (Å²) in [6.45, 7) is 0. The zero-order valence-corrected chi connectivity index (χ0v) is 9.11. The van der Waals surface area contributed by atoms with E-state index < -0.39 is 17.3 Å². The molecule has 3 nitrogen and oxygen atoms in total. The van der Waals surface area contributed by atoms with Gasteiger partial charge in [0, 0.05) is 4.47 Å². The van der Waals surface area contributed by atoms with Crippen LogP contribution in [0, 0.1) is 0 Å². The van der Waals surface area contributed by atoms with Gasteiger partial charge < -0.3 is 10.2 Å². The van der Waals surface area contributed by atoms with Crippen LogP contribution in [-0.4, -0.2) is 16.2 Å². The van der Waals surface area contributed by atoms with E-state index in [1.165, 1.54) is 6.07 Å². The summed E-state index contributed by atoms with van der Waals surface area (Å²) in [4.78, 5) is 10.6. The highest BCUT2D eigenvalue weighted by Gasteiger charge is 2.19. The molecule has 0 aliphatic carbocycles. The number of carboxylic acids is 1. The lowest BCUT2D eigenvalue weighted by molar-refractivity contribution is 0.0694. The van der Waals surface area contributed by atoms with Gasteiger partial charge in [0.1, 0.15) is 5.56 Å². The first-order valence-corrected chi connectivity index (χ1v) is 4.59. The summed E-state index contributed by atoms with van der Waals surface area (Å²) in [5, 5.41) is 17.8. The van der Waals surface area contributed by atoms with Gasteiger partial charge in [0.15, 0.2) is 5.75 Å². The Bertz CT molecular complexity index is 378. The van der Waals surface area contributed by atoms with Gasteiger partial charge in [-0.15, -0.1) is 0 Å². The van der Waals surface area contributed by atoms with Crippen molar-refractivity contribution in [3.05, 3.63) is 26.1 Å². The van der Waals surface area contributed by atoms with Crippen LogP contribution in [0.25, 0.3) is 0 Å². The number of rotatable bonds is 1. The average Bonchev–Trinajstić information content (AvgIpc) is 1.99. The normalized spacial score (nSPS) is 10.1. The monoisotopic (exact) mass is 284 g/mol. The molecule has 1 rings (SSSR count). The van der Waals surface area contributed by atoms with Crippen LogP contribution in [0.15, 0.2) is 10.5 Å². The molecule has 1 aromatic carbocycles. The summed E-state index contributed by atoms with van der Waals surface area (Å²) in [7, 11) is 0. The predicted octanol–water partition coefficient (Wildman–Crippen LogP) is 3.16. The minimum Gasteiger partial charge on any atom is -0.505 e. The molecule has 0 bridgehead atoms. The number of aromatic carboxylic acids is 1. The minimum absolute atomic E-state index is 0.0678. The van der Waals surface area contributed by atoms with Crippen molar-refractivity contribution < 1.29 is 15.0 Å². The zero-order valence-electron chi connectivity index (χ0n) is 6.01. The van der Waals surface area contributed by atoms with Gasteiger partial charge in [0.25, 0.3) is 0 Å². The lowest BCUT2D eigenvalue weighted by atomic mass is 10.2. The van der Waals surface area contributed by atoms with Crippen molar-refractivity contribution in [2.45, 2.75) is 0 Å². The molecular formula is C7H3BrCl2O3. The lowest BCUT2D eigenvalue weighted by Crippen LogP contribution is -1.98. The van der Waals surface area contributed by atoms with Gasteiger partial charge in [-0.1, -0.05) is 23.2 Å². The Labute approximate surface area is 92.0 Å². The summed E-state index contributed by atoms with van der Waals surface area (Å²) in [5.74, 6) is -1.86. The second-order valence-corrected chi connectivity index (χ2v) is 3.82. The number of hydrogen-bond acceptors (Lipinski definition) is 2. The Morgan fingerprint density at radius 1 is 1.46 bits per heavy atom. The van der Waals surface area contributed by atoms with E-state index in [2.05, 4.69) is 15.9 Å². The standard InChI is InChI=1S/C7H3BrCl2O3/c8-2-1-3(9)4(7(12)13)6(11)5(2)10/h1,11H,(H,12,13). The molecule has 6 heteroatoms. The molecule has 0 heterocycles. The number of phenols is 1. The van der Waals surface area contributed by atoms with Gasteiger partial charge >= 0.3 is 5.97 Å². The molecule has 0 saturated heterocycles. The van der Waals surface area contributed by atoms with E-state index in [0.29, 0.717) is 4.47 Å². The molecule has 0 aromatic heterocycles. The van der Waals surface area contributed by atoms with Crippen LogP contribution in [0.1, 0.15) is 10.4 Å². The van der Waals surface area contributed by atoms with Gasteiger partial charge in [-0.2, -0.15) is 0 Å². The predicted molar refractivity (Wildman–Crippen MR) is 52.8 cm³/mol. The van der Waals surface area contributed by atoms with Crippen LogP contribution in [0.5, 0.6) is 5.75 Å². The maximum absolute atomic E-state index is 10.6. The zero-order chi connectivity index (χ0) is 10.2. The van der Waals surface area contributed by atoms with Crippen LogP contribution in [0.4, 0.5) is 0 Å². The number of benzene rings is 1. The molecule has 2 N–H and O–H groups in total. The third-order valence-corrected chi connectivity index (χ3v) is 2.89. The van der Waals surface area contributed by atoms with Gasteiger partial charge in [-0.05, 0) is 22.0 Å². The summed E-state index contributed by atoms with van der Waals surface area (Å²) in [6, 6.07) is 1.31. The molecule has 0 aliphatic heterocycles. The van der Waals surface area contributed by atoms with Gasteiger partial charge in [0.2, 0.25) is 0 Å². The highest BCUT2D eigenvalue weighted by atomic mass is 79.9. The minimum atomic E-state index is -1.32. The van der Waals surface area contributed by atoms with Crippen LogP contribution < -0.4 is 0 Å². The molecule has 0 amide bonds. The number of carbonyl (C=O) groups is 1. The molecule has 0 unspecified atom stereocenters. The van der Waals surface area contributed by atoms with Crippen molar-refractivity contribution in [3.8, 4) is 5.75 Å². The van der Waals surface area contributed by atoms with Gasteiger partial charge in [-0.25, -0.2) is 4.79 Å². The highest BCUT2D eigenvalue weighted by molar-refractivity contribution is 9.10. The summed E-state index contributed by atoms with van der Waals surface area (Å²) in [5.41, 5.74) is -0.394. The van der Waals surface area contributed by atoms with Crippen molar-refractivity contribution in [2.24, 2.45) is 0 Å². The topological polar surface area (TPSA) is 57.5 Å². The second-order valence-electron chi connectivity index (χ2n) is 2.18. The fourth-order valence-electron chi connectivity index (χ4n) is 0.786. The maximum Gasteiger partial charge on any atom is 0.341 e. The van der Waals surface area contributed by atoms with Crippen LogP contribution in [0.2, 0.25) is 10.0 Å². The van der Waals surface area contributed by atoms with E-state index >= 15 is 0 Å². The number of halogens is 3. The Balaban J connectivity index is 3.53. The SMILES string of the molecule is O=C(O)c1c(Cl)cc(Br)c(Cl)c1O. The van der Waals surface area contributed by atoms with Crippen LogP contribution in [-0.2, 0) is 0 Å². The number of aromatic hydroxyl groups is 1. The Morgan fingerprint density at radius 3 is 2.46 bits per heavy atom. The van der Waals surface area contributed by atoms with Crippen molar-refractivity contribution >= 4 is 45.1 Å². The molecule has 70 valence electrons. The van der Waals surface area contributed by atoms with E-state index in [1.54, 1.807) is 0 Å². The van der Waals surface area contributed by atoms with Crippen molar-refractivity contribution in [1.29, 1.82) is 0 Å². The molecule has 0 saturated carbocycles. The van der Waals surface area contributed by atoms with Gasteiger partial charge in [0.05, 0.1) is 10.0 Å². The van der Waals surface area contributed by atoms with Gasteiger partial charge in [-0.3, -0.25) is 0 Å². The van der Waals surface area contributed by atoms with Crippen molar-refractivity contribution in [3.63, 3.8) is 0 Å². The molecule has 0 spiro atoms. The quantitative estimate of drug-likeness (QED) is 0.779. The average molecular weight is 286 g/mol. The van der Waals surface area contributed by atoms with E-state index in [-0.39, 0.29) is 10.0 Å². The van der Waals surface area contributed by atoms with Crippen LogP contribution >= 0.6 is 39.1 Å². The number of hydrogen-bond donors (Lipinski definition) is 2. The van der Waals surface area contributed by atoms with Crippen molar-refractivity contribution in [1.82, 2.24) is 0 Å². The third-order valence-electron chi connectivity index (χ3n) is 1.36. The molecule has 0 aliphatic rings. The van der Waals surface area contributed by atoms with E-state index in [4.69, 9.17) is 28.3 Å². The smallest absolute Gasteiger partial charge is 0.341 e. The Kier molecular flexibility index (Phi) is 3.05. The van der Waals surface area contributed by atoms with Crippen molar-refractivity contribution in [2.75, 3.05) is 0 Å². The first-order valence-electron chi connectivity index (χ1n) is 3.05. The van der Waals surface area contributed by atoms with Crippen LogP contribution in [0.3, 0.4) is 0 Å². The molecule has 0 fully saturated rings. The summed E-state index contributed by atoms with van der Waals surface area (Å²) >= 11 is 14.2. The fraction of sp³-hybridized carbons (Fsp3) is 0. The summed E-state index contributed by atoms with van der Waals surface area (Å²) < 4.78 is 0.349.